The predicted octanol–water partition coefficient (Wildman–Crippen LogP) is 2.31. The lowest BCUT2D eigenvalue weighted by molar-refractivity contribution is 0.378. The molecule has 0 aliphatic carbocycles. The van der Waals surface area contributed by atoms with Crippen molar-refractivity contribution in [1.29, 1.82) is 0 Å². The average molecular weight is 281 g/mol. The van der Waals surface area contributed by atoms with Gasteiger partial charge in [-0.15, -0.1) is 0 Å². The average Bonchev–Trinajstić information content (AvgIpc) is 2.46. The van der Waals surface area contributed by atoms with Crippen molar-refractivity contribution in [3.8, 4) is 11.8 Å². The number of methoxy groups -OCH3 is 2. The van der Waals surface area contributed by atoms with E-state index in [0.717, 1.165) is 11.4 Å². The maximum absolute atomic E-state index is 5.82. The van der Waals surface area contributed by atoms with Crippen LogP contribution in [0.5, 0.6) is 11.8 Å². The Morgan fingerprint density at radius 1 is 1.00 bits per heavy atom. The van der Waals surface area contributed by atoms with Crippen LogP contribution in [-0.4, -0.2) is 36.2 Å². The third kappa shape index (κ3) is 3.03. The lowest BCUT2D eigenvalue weighted by Gasteiger charge is -2.17. The van der Waals surface area contributed by atoms with Gasteiger partial charge >= 0.3 is 6.01 Å². The summed E-state index contributed by atoms with van der Waals surface area (Å²) in [4.78, 5) is 13.8. The fourth-order valence-electron chi connectivity index (χ4n) is 1.48. The molecule has 0 aliphatic rings. The molecule has 0 unspecified atom stereocenters. The summed E-state index contributed by atoms with van der Waals surface area (Å²) in [5.74, 6) is 1.19. The number of anilines is 2. The van der Waals surface area contributed by atoms with Crippen LogP contribution in [0.2, 0.25) is 5.28 Å². The molecule has 1 aromatic carbocycles. The van der Waals surface area contributed by atoms with Crippen LogP contribution in [0.15, 0.2) is 24.3 Å². The maximum atomic E-state index is 5.82. The lowest BCUT2D eigenvalue weighted by Crippen LogP contribution is -2.14. The minimum absolute atomic E-state index is 0.0854. The lowest BCUT2D eigenvalue weighted by atomic mass is 10.3. The summed E-state index contributed by atoms with van der Waals surface area (Å²) in [7, 11) is 4.92. The highest BCUT2D eigenvalue weighted by atomic mass is 35.5. The van der Waals surface area contributed by atoms with E-state index in [4.69, 9.17) is 21.1 Å². The topological polar surface area (TPSA) is 60.4 Å². The van der Waals surface area contributed by atoms with E-state index < -0.39 is 0 Å². The first-order chi connectivity index (χ1) is 9.13. The molecular weight excluding hydrogens is 268 g/mol. The molecule has 2 rings (SSSR count). The summed E-state index contributed by atoms with van der Waals surface area (Å²) >= 11 is 5.82. The van der Waals surface area contributed by atoms with Crippen molar-refractivity contribution in [2.24, 2.45) is 0 Å². The van der Waals surface area contributed by atoms with Gasteiger partial charge in [-0.1, -0.05) is 0 Å². The van der Waals surface area contributed by atoms with Crippen LogP contribution >= 0.6 is 11.6 Å². The van der Waals surface area contributed by atoms with Gasteiger partial charge in [0.15, 0.2) is 0 Å². The quantitative estimate of drug-likeness (QED) is 0.856. The van der Waals surface area contributed by atoms with Gasteiger partial charge in [-0.2, -0.15) is 15.0 Å². The Morgan fingerprint density at radius 2 is 1.68 bits per heavy atom. The van der Waals surface area contributed by atoms with E-state index >= 15 is 0 Å². The van der Waals surface area contributed by atoms with Crippen molar-refractivity contribution in [3.05, 3.63) is 29.5 Å². The van der Waals surface area contributed by atoms with Crippen LogP contribution in [-0.2, 0) is 0 Å². The first kappa shape index (κ1) is 13.4. The molecule has 0 saturated heterocycles. The van der Waals surface area contributed by atoms with Gasteiger partial charge in [0.05, 0.1) is 14.2 Å². The molecule has 2 aromatic rings. The standard InChI is InChI=1S/C12H13ClN4O2/c1-17(8-4-6-9(18-2)7-5-8)11-14-10(13)15-12(16-11)19-3/h4-7H,1-3H3. The minimum atomic E-state index is 0.0854. The van der Waals surface area contributed by atoms with Crippen molar-refractivity contribution in [2.75, 3.05) is 26.2 Å². The van der Waals surface area contributed by atoms with Gasteiger partial charge in [0.25, 0.3) is 0 Å². The molecule has 100 valence electrons. The molecule has 1 heterocycles. The molecule has 7 heteroatoms. The van der Waals surface area contributed by atoms with E-state index in [1.807, 2.05) is 31.3 Å². The van der Waals surface area contributed by atoms with Crippen LogP contribution < -0.4 is 14.4 Å². The zero-order valence-electron chi connectivity index (χ0n) is 10.8. The molecule has 0 atom stereocenters. The molecule has 0 N–H and O–H groups in total. The molecule has 19 heavy (non-hydrogen) atoms. The van der Waals surface area contributed by atoms with Crippen LogP contribution in [0.3, 0.4) is 0 Å². The number of rotatable bonds is 4. The molecule has 0 spiro atoms. The second kappa shape index (κ2) is 5.71. The Kier molecular flexibility index (Phi) is 4.01. The summed E-state index contributed by atoms with van der Waals surface area (Å²) in [6.07, 6.45) is 0. The van der Waals surface area contributed by atoms with Gasteiger partial charge in [-0.25, -0.2) is 0 Å². The number of halogens is 1. The monoisotopic (exact) mass is 280 g/mol. The molecule has 0 aliphatic heterocycles. The Hall–Kier alpha value is -2.08. The normalized spacial score (nSPS) is 10.1. The van der Waals surface area contributed by atoms with Crippen molar-refractivity contribution in [2.45, 2.75) is 0 Å². The van der Waals surface area contributed by atoms with E-state index in [1.165, 1.54) is 7.11 Å². The van der Waals surface area contributed by atoms with Gasteiger partial charge in [0, 0.05) is 12.7 Å². The number of nitrogens with zero attached hydrogens (tertiary/aromatic N) is 4. The molecule has 0 fully saturated rings. The van der Waals surface area contributed by atoms with E-state index in [2.05, 4.69) is 15.0 Å². The van der Waals surface area contributed by atoms with E-state index in [9.17, 15) is 0 Å². The van der Waals surface area contributed by atoms with Gasteiger partial charge in [-0.05, 0) is 35.9 Å². The third-order valence-corrected chi connectivity index (χ3v) is 2.69. The fourth-order valence-corrected chi connectivity index (χ4v) is 1.63. The second-order valence-corrected chi connectivity index (χ2v) is 3.99. The number of ether oxygens (including phenoxy) is 2. The molecule has 0 radical (unpaired) electrons. The van der Waals surface area contributed by atoms with Gasteiger partial charge in [-0.3, -0.25) is 0 Å². The molecule has 6 nitrogen and oxygen atoms in total. The van der Waals surface area contributed by atoms with Crippen LogP contribution in [0, 0.1) is 0 Å². The zero-order chi connectivity index (χ0) is 13.8. The summed E-state index contributed by atoms with van der Waals surface area (Å²) in [5, 5.41) is 0.0854. The van der Waals surface area contributed by atoms with E-state index in [-0.39, 0.29) is 11.3 Å². The number of hydrogen-bond acceptors (Lipinski definition) is 6. The summed E-state index contributed by atoms with van der Waals surface area (Å²) in [6, 6.07) is 7.67. The SMILES string of the molecule is COc1ccc(N(C)c2nc(Cl)nc(OC)n2)cc1. The highest BCUT2D eigenvalue weighted by Crippen LogP contribution is 2.24. The van der Waals surface area contributed by atoms with Gasteiger partial charge in [0.2, 0.25) is 11.2 Å². The first-order valence-corrected chi connectivity index (χ1v) is 5.85. The van der Waals surface area contributed by atoms with Gasteiger partial charge in [0.1, 0.15) is 5.75 Å². The van der Waals surface area contributed by atoms with E-state index in [0.29, 0.717) is 5.95 Å². The largest absolute Gasteiger partial charge is 0.497 e. The Bertz CT molecular complexity index is 562. The van der Waals surface area contributed by atoms with Crippen LogP contribution in [0.4, 0.5) is 11.6 Å². The summed E-state index contributed by atoms with van der Waals surface area (Å²) in [5.41, 5.74) is 0.894. The molecule has 0 saturated carbocycles. The molecule has 0 amide bonds. The zero-order valence-corrected chi connectivity index (χ0v) is 11.5. The Labute approximate surface area is 116 Å². The van der Waals surface area contributed by atoms with Gasteiger partial charge < -0.3 is 14.4 Å². The van der Waals surface area contributed by atoms with Crippen LogP contribution in [0.1, 0.15) is 0 Å². The summed E-state index contributed by atoms with van der Waals surface area (Å²) in [6.45, 7) is 0. The number of aromatic nitrogens is 3. The number of benzene rings is 1. The van der Waals surface area contributed by atoms with Crippen molar-refractivity contribution < 1.29 is 9.47 Å². The minimum Gasteiger partial charge on any atom is -0.497 e. The Morgan fingerprint density at radius 3 is 2.26 bits per heavy atom. The third-order valence-electron chi connectivity index (χ3n) is 2.52. The van der Waals surface area contributed by atoms with Crippen molar-refractivity contribution in [3.63, 3.8) is 0 Å². The Balaban J connectivity index is 2.31. The fraction of sp³-hybridized carbons (Fsp3) is 0.250. The smallest absolute Gasteiger partial charge is 0.322 e. The predicted molar refractivity (Wildman–Crippen MR) is 72.4 cm³/mol. The highest BCUT2D eigenvalue weighted by molar-refractivity contribution is 6.28. The van der Waals surface area contributed by atoms with Crippen LogP contribution in [0.25, 0.3) is 0 Å². The summed E-state index contributed by atoms with van der Waals surface area (Å²) < 4.78 is 10.1. The number of hydrogen-bond donors (Lipinski definition) is 0. The van der Waals surface area contributed by atoms with Crippen molar-refractivity contribution >= 4 is 23.2 Å². The second-order valence-electron chi connectivity index (χ2n) is 3.65. The molecule has 0 bridgehead atoms. The maximum Gasteiger partial charge on any atom is 0.322 e. The molecular formula is C12H13ClN4O2. The van der Waals surface area contributed by atoms with Crippen molar-refractivity contribution in [1.82, 2.24) is 15.0 Å². The van der Waals surface area contributed by atoms with E-state index in [1.54, 1.807) is 12.0 Å². The molecule has 1 aromatic heterocycles. The first-order valence-electron chi connectivity index (χ1n) is 5.47. The highest BCUT2D eigenvalue weighted by Gasteiger charge is 2.11.